The van der Waals surface area contributed by atoms with Crippen molar-refractivity contribution in [1.29, 1.82) is 0 Å². The summed E-state index contributed by atoms with van der Waals surface area (Å²) in [7, 11) is 1.20. The van der Waals surface area contributed by atoms with Crippen LogP contribution in [0.1, 0.15) is 38.8 Å². The van der Waals surface area contributed by atoms with Crippen molar-refractivity contribution >= 4 is 17.5 Å². The quantitative estimate of drug-likeness (QED) is 0.141. The molecule has 16 nitrogen and oxygen atoms in total. The molecule has 0 spiro atoms. The maximum Gasteiger partial charge on any atom is 0.330 e. The van der Waals surface area contributed by atoms with Crippen molar-refractivity contribution < 1.29 is 48.6 Å². The van der Waals surface area contributed by atoms with Gasteiger partial charge in [0.05, 0.1) is 6.61 Å². The Morgan fingerprint density at radius 1 is 1.09 bits per heavy atom. The molecule has 2 aliphatic rings. The Labute approximate surface area is 257 Å². The molecule has 0 saturated carbocycles. The maximum absolute atomic E-state index is 13.0. The summed E-state index contributed by atoms with van der Waals surface area (Å²) in [6.07, 6.45) is -6.42. The second kappa shape index (κ2) is 15.3. The topological polar surface area (TPSA) is 234 Å². The van der Waals surface area contributed by atoms with Gasteiger partial charge in [-0.2, -0.15) is 0 Å². The summed E-state index contributed by atoms with van der Waals surface area (Å²) in [6, 6.07) is 7.62. The number of nitrogens with zero attached hydrogens (tertiary/aromatic N) is 1. The lowest BCUT2D eigenvalue weighted by Crippen LogP contribution is -2.53. The zero-order chi connectivity index (χ0) is 32.7. The van der Waals surface area contributed by atoms with Crippen LogP contribution in [0.2, 0.25) is 0 Å². The number of nitrogens with one attached hydrogen (secondary N) is 2. The molecule has 1 unspecified atom stereocenters. The molecule has 1 aromatic heterocycles. The molecule has 1 aromatic carbocycles. The third-order valence-electron chi connectivity index (χ3n) is 7.30. The van der Waals surface area contributed by atoms with Gasteiger partial charge in [0, 0.05) is 25.1 Å². The molecule has 8 atom stereocenters. The molecule has 4 rings (SSSR count). The predicted octanol–water partition coefficient (Wildman–Crippen LogP) is -0.760. The van der Waals surface area contributed by atoms with Crippen LogP contribution in [0.15, 0.2) is 58.0 Å². The number of carbonyl (C=O) groups is 2. The highest BCUT2D eigenvalue weighted by Crippen LogP contribution is 2.34. The van der Waals surface area contributed by atoms with Gasteiger partial charge in [0.2, 0.25) is 12.2 Å². The summed E-state index contributed by atoms with van der Waals surface area (Å²) >= 11 is 0. The highest BCUT2D eigenvalue weighted by Gasteiger charge is 2.52. The molecule has 7 N–H and O–H groups in total. The van der Waals surface area contributed by atoms with Gasteiger partial charge in [0.15, 0.2) is 18.1 Å². The number of hydrogen-bond donors (Lipinski definition) is 6. The lowest BCUT2D eigenvalue weighted by molar-refractivity contribution is -0.241. The first-order valence-corrected chi connectivity index (χ1v) is 14.5. The van der Waals surface area contributed by atoms with E-state index < -0.39 is 78.0 Å². The van der Waals surface area contributed by atoms with E-state index in [1.807, 2.05) is 4.98 Å². The number of H-pyrrole nitrogens is 1. The number of unbranched alkanes of at least 4 members (excludes halogenated alkanes) is 3. The van der Waals surface area contributed by atoms with E-state index in [0.29, 0.717) is 18.0 Å². The van der Waals surface area contributed by atoms with Gasteiger partial charge in [-0.1, -0.05) is 26.2 Å². The summed E-state index contributed by atoms with van der Waals surface area (Å²) in [4.78, 5) is 51.3. The Bertz CT molecular complexity index is 1460. The van der Waals surface area contributed by atoms with E-state index >= 15 is 0 Å². The first-order valence-electron chi connectivity index (χ1n) is 14.5. The number of primary amides is 1. The molecule has 1 saturated heterocycles. The number of ether oxygens (including phenoxy) is 5. The van der Waals surface area contributed by atoms with Crippen LogP contribution in [-0.4, -0.2) is 93.3 Å². The molecular formula is C29H38N4O12. The fraction of sp³-hybridized carbons (Fsp3) is 0.517. The highest BCUT2D eigenvalue weighted by molar-refractivity contribution is 6.02. The first-order chi connectivity index (χ1) is 21.5. The van der Waals surface area contributed by atoms with E-state index in [9.17, 15) is 34.5 Å². The van der Waals surface area contributed by atoms with E-state index in [1.54, 1.807) is 24.3 Å². The number of aromatic amines is 1. The lowest BCUT2D eigenvalue weighted by Gasteiger charge is -2.35. The summed E-state index contributed by atoms with van der Waals surface area (Å²) in [5, 5.41) is 34.5. The van der Waals surface area contributed by atoms with E-state index in [4.69, 9.17) is 29.4 Å². The molecule has 0 aliphatic carbocycles. The van der Waals surface area contributed by atoms with Gasteiger partial charge < -0.3 is 50.1 Å². The molecule has 246 valence electrons. The van der Waals surface area contributed by atoms with Crippen LogP contribution in [0.4, 0.5) is 5.69 Å². The molecule has 16 heteroatoms. The normalized spacial score (nSPS) is 26.9. The number of aromatic nitrogens is 2. The molecule has 1 fully saturated rings. The number of amides is 2. The minimum absolute atomic E-state index is 0.385. The highest BCUT2D eigenvalue weighted by atomic mass is 16.7. The van der Waals surface area contributed by atoms with Gasteiger partial charge in [-0.15, -0.1) is 0 Å². The Morgan fingerprint density at radius 2 is 1.82 bits per heavy atom. The fourth-order valence-electron chi connectivity index (χ4n) is 4.93. The standard InChI is InChI=1S/C29H38N4O12/c1-3-4-5-6-13-42-16-9-7-15(8-10-16)31-26(39)18-14-17(34)20(36)28(43-18)45-24(25(30)38)23-22(41-2)21(37)27(44-23)33-12-11-19(35)32-29(33)40/h7-12,14,17,20-24,27-28,34,36-37H,3-6,13H2,1-2H3,(H2,30,38)(H,31,39)(H,32,35,40)/t17-,20-,21+,22-,23-,24?,27+,28+/m0/s1. The van der Waals surface area contributed by atoms with E-state index in [0.717, 1.165) is 48.6 Å². The SMILES string of the molecule is CCCCCCOc1ccc(NC(=O)C2=C[C@H](O)[C@H](O)[C@@H](OC(C(N)=O)[C@H]3O[C@@H](n4ccc(=O)[nH]c4=O)[C@H](O)[C@@H]3OC)O2)cc1. The van der Waals surface area contributed by atoms with Gasteiger partial charge in [-0.3, -0.25) is 23.9 Å². The number of anilines is 1. The number of benzene rings is 1. The Balaban J connectivity index is 1.43. The summed E-state index contributed by atoms with van der Waals surface area (Å²) in [5.74, 6) is -1.73. The summed E-state index contributed by atoms with van der Waals surface area (Å²) in [6.45, 7) is 2.70. The van der Waals surface area contributed by atoms with E-state index in [1.165, 1.54) is 7.11 Å². The second-order valence-electron chi connectivity index (χ2n) is 10.5. The van der Waals surface area contributed by atoms with Gasteiger partial charge in [-0.05, 0) is 36.8 Å². The van der Waals surface area contributed by atoms with Gasteiger partial charge in [-0.25, -0.2) is 4.79 Å². The fourth-order valence-corrected chi connectivity index (χ4v) is 4.93. The summed E-state index contributed by atoms with van der Waals surface area (Å²) in [5.41, 5.74) is 4.37. The first kappa shape index (κ1) is 33.8. The zero-order valence-electron chi connectivity index (χ0n) is 24.7. The average molecular weight is 635 g/mol. The van der Waals surface area contributed by atoms with E-state index in [-0.39, 0.29) is 0 Å². The van der Waals surface area contributed by atoms with Crippen molar-refractivity contribution in [3.8, 4) is 5.75 Å². The van der Waals surface area contributed by atoms with Crippen LogP contribution in [-0.2, 0) is 28.5 Å². The van der Waals surface area contributed by atoms with Crippen LogP contribution in [0.3, 0.4) is 0 Å². The van der Waals surface area contributed by atoms with Crippen LogP contribution in [0, 0.1) is 0 Å². The van der Waals surface area contributed by atoms with Crippen LogP contribution >= 0.6 is 0 Å². The zero-order valence-corrected chi connectivity index (χ0v) is 24.7. The lowest BCUT2D eigenvalue weighted by atomic mass is 10.0. The minimum Gasteiger partial charge on any atom is -0.494 e. The van der Waals surface area contributed by atoms with Crippen LogP contribution in [0.5, 0.6) is 5.75 Å². The average Bonchev–Trinajstić information content (AvgIpc) is 3.33. The van der Waals surface area contributed by atoms with Crippen LogP contribution < -0.4 is 27.0 Å². The van der Waals surface area contributed by atoms with Crippen molar-refractivity contribution in [3.05, 3.63) is 69.2 Å². The number of aliphatic hydroxyl groups excluding tert-OH is 3. The monoisotopic (exact) mass is 634 g/mol. The van der Waals surface area contributed by atoms with Crippen molar-refractivity contribution in [3.63, 3.8) is 0 Å². The second-order valence-corrected chi connectivity index (χ2v) is 10.5. The number of rotatable bonds is 14. The minimum atomic E-state index is -1.81. The van der Waals surface area contributed by atoms with E-state index in [2.05, 4.69) is 12.2 Å². The molecular weight excluding hydrogens is 596 g/mol. The van der Waals surface area contributed by atoms with Gasteiger partial charge in [0.1, 0.15) is 36.3 Å². The predicted molar refractivity (Wildman–Crippen MR) is 156 cm³/mol. The molecule has 2 aromatic rings. The Hall–Kier alpha value is -4.06. The smallest absolute Gasteiger partial charge is 0.330 e. The largest absolute Gasteiger partial charge is 0.494 e. The van der Waals surface area contributed by atoms with Crippen molar-refractivity contribution in [2.45, 2.75) is 81.7 Å². The Morgan fingerprint density at radius 3 is 2.47 bits per heavy atom. The van der Waals surface area contributed by atoms with Crippen LogP contribution in [0.25, 0.3) is 0 Å². The third kappa shape index (κ3) is 8.16. The molecule has 2 aliphatic heterocycles. The maximum atomic E-state index is 13.0. The van der Waals surface area contributed by atoms with Gasteiger partial charge >= 0.3 is 5.69 Å². The van der Waals surface area contributed by atoms with Crippen molar-refractivity contribution in [1.82, 2.24) is 9.55 Å². The Kier molecular flexibility index (Phi) is 11.5. The number of methoxy groups -OCH3 is 1. The number of hydrogen-bond acceptors (Lipinski definition) is 12. The molecule has 2 amide bonds. The molecule has 0 radical (unpaired) electrons. The van der Waals surface area contributed by atoms with Crippen molar-refractivity contribution in [2.24, 2.45) is 5.73 Å². The summed E-state index contributed by atoms with van der Waals surface area (Å²) < 4.78 is 28.8. The number of aliphatic hydroxyl groups is 3. The molecule has 3 heterocycles. The van der Waals surface area contributed by atoms with Gasteiger partial charge in [0.25, 0.3) is 11.5 Å². The third-order valence-corrected chi connectivity index (χ3v) is 7.30. The van der Waals surface area contributed by atoms with Crippen molar-refractivity contribution in [2.75, 3.05) is 19.0 Å². The number of carbonyl (C=O) groups excluding carboxylic acids is 2. The number of nitrogens with two attached hydrogens (primary N) is 1. The molecule has 0 bridgehead atoms. The molecule has 45 heavy (non-hydrogen) atoms.